The number of aromatic nitrogens is 4. The molecule has 0 saturated carbocycles. The number of amides is 3. The first-order valence-corrected chi connectivity index (χ1v) is 13.3. The first-order valence-electron chi connectivity index (χ1n) is 13.3. The van der Waals surface area contributed by atoms with Gasteiger partial charge in [0, 0.05) is 62.8 Å². The zero-order valence-electron chi connectivity index (χ0n) is 23.4. The zero-order chi connectivity index (χ0) is 27.9. The SMILES string of the molecule is CCOc1cc2nn(C)nc2cc1NC(=O)N1CCc2c(N3CCN(C(=O)OC(C)(C)C)[C@H](C)C3)ccnc21. The number of ether oxygens (including phenoxy) is 2. The second kappa shape index (κ2) is 10.2. The van der Waals surface area contributed by atoms with Crippen LogP contribution in [0.4, 0.5) is 26.8 Å². The van der Waals surface area contributed by atoms with E-state index < -0.39 is 5.60 Å². The van der Waals surface area contributed by atoms with Crippen molar-refractivity contribution in [1.82, 2.24) is 24.9 Å². The third kappa shape index (κ3) is 5.41. The quantitative estimate of drug-likeness (QED) is 0.535. The summed E-state index contributed by atoms with van der Waals surface area (Å²) in [5.74, 6) is 1.18. The highest BCUT2D eigenvalue weighted by Crippen LogP contribution is 2.36. The Hall–Kier alpha value is -4.09. The van der Waals surface area contributed by atoms with E-state index >= 15 is 0 Å². The maximum Gasteiger partial charge on any atom is 0.410 e. The summed E-state index contributed by atoms with van der Waals surface area (Å²) in [5.41, 5.74) is 3.43. The molecular weight excluding hydrogens is 500 g/mol. The summed E-state index contributed by atoms with van der Waals surface area (Å²) < 4.78 is 11.4. The van der Waals surface area contributed by atoms with Crippen LogP contribution in [0.3, 0.4) is 0 Å². The largest absolute Gasteiger partial charge is 0.492 e. The molecule has 1 N–H and O–H groups in total. The van der Waals surface area contributed by atoms with Crippen molar-refractivity contribution in [2.75, 3.05) is 47.9 Å². The van der Waals surface area contributed by atoms with E-state index in [4.69, 9.17) is 9.47 Å². The second-order valence-electron chi connectivity index (χ2n) is 10.9. The molecule has 0 aliphatic carbocycles. The fraction of sp³-hybridized carbons (Fsp3) is 0.519. The van der Waals surface area contributed by atoms with Gasteiger partial charge in [0.15, 0.2) is 0 Å². The number of carbonyl (C=O) groups excluding carboxylic acids is 2. The molecule has 0 unspecified atom stereocenters. The van der Waals surface area contributed by atoms with Gasteiger partial charge in [0.05, 0.1) is 12.3 Å². The Labute approximate surface area is 227 Å². The van der Waals surface area contributed by atoms with E-state index in [0.717, 1.165) is 11.3 Å². The summed E-state index contributed by atoms with van der Waals surface area (Å²) in [7, 11) is 1.75. The lowest BCUT2D eigenvalue weighted by molar-refractivity contribution is 0.0159. The highest BCUT2D eigenvalue weighted by Gasteiger charge is 2.34. The molecule has 4 heterocycles. The minimum atomic E-state index is -0.534. The van der Waals surface area contributed by atoms with Crippen molar-refractivity contribution >= 4 is 40.4 Å². The Morgan fingerprint density at radius 3 is 2.56 bits per heavy atom. The summed E-state index contributed by atoms with van der Waals surface area (Å²) in [5, 5.41) is 11.7. The summed E-state index contributed by atoms with van der Waals surface area (Å²) in [4.78, 5) is 37.9. The number of rotatable bonds is 4. The van der Waals surface area contributed by atoms with Crippen LogP contribution in [0, 0.1) is 0 Å². The number of fused-ring (bicyclic) bond motifs is 2. The summed E-state index contributed by atoms with van der Waals surface area (Å²) >= 11 is 0. The average Bonchev–Trinajstić information content (AvgIpc) is 3.45. The standard InChI is InChI=1S/C27H36N8O4/c1-7-38-23-15-20-19(30-32(6)31-20)14-21(23)29-25(36)35-11-9-18-22(8-10-28-24(18)35)33-12-13-34(17(2)16-33)26(37)39-27(3,4)5/h8,10,14-15,17H,7,9,11-13,16H2,1-6H3,(H,29,36)/t17-/m1/s1. The number of anilines is 3. The smallest absolute Gasteiger partial charge is 0.410 e. The predicted molar refractivity (Wildman–Crippen MR) is 149 cm³/mol. The number of aryl methyl sites for hydroxylation is 1. The Kier molecular flexibility index (Phi) is 6.96. The first-order chi connectivity index (χ1) is 18.5. The van der Waals surface area contributed by atoms with Gasteiger partial charge in [0.1, 0.15) is 28.2 Å². The van der Waals surface area contributed by atoms with Gasteiger partial charge in [-0.05, 0) is 53.2 Å². The van der Waals surface area contributed by atoms with Gasteiger partial charge in [-0.1, -0.05) is 0 Å². The number of urea groups is 1. The van der Waals surface area contributed by atoms with Gasteiger partial charge < -0.3 is 24.6 Å². The average molecular weight is 537 g/mol. The lowest BCUT2D eigenvalue weighted by Gasteiger charge is -2.41. The van der Waals surface area contributed by atoms with E-state index in [0.29, 0.717) is 67.5 Å². The molecule has 1 aromatic carbocycles. The lowest BCUT2D eigenvalue weighted by atomic mass is 10.1. The van der Waals surface area contributed by atoms with Crippen LogP contribution in [-0.2, 0) is 18.2 Å². The third-order valence-electron chi connectivity index (χ3n) is 6.81. The van der Waals surface area contributed by atoms with E-state index in [1.807, 2.05) is 40.7 Å². The number of pyridine rings is 1. The first kappa shape index (κ1) is 26.5. The van der Waals surface area contributed by atoms with Gasteiger partial charge in [-0.25, -0.2) is 14.6 Å². The van der Waals surface area contributed by atoms with E-state index in [2.05, 4.69) is 25.4 Å². The summed E-state index contributed by atoms with van der Waals surface area (Å²) in [6, 6.07) is 5.24. The molecule has 0 spiro atoms. The van der Waals surface area contributed by atoms with Gasteiger partial charge in [-0.3, -0.25) is 4.90 Å². The van der Waals surface area contributed by atoms with Crippen molar-refractivity contribution in [3.63, 3.8) is 0 Å². The maximum absolute atomic E-state index is 13.5. The van der Waals surface area contributed by atoms with E-state index in [1.165, 1.54) is 4.80 Å². The lowest BCUT2D eigenvalue weighted by Crippen LogP contribution is -2.55. The summed E-state index contributed by atoms with van der Waals surface area (Å²) in [6.07, 6.45) is 2.14. The van der Waals surface area contributed by atoms with Crippen LogP contribution >= 0.6 is 0 Å². The Balaban J connectivity index is 1.33. The van der Waals surface area contributed by atoms with Gasteiger partial charge in [-0.15, -0.1) is 0 Å². The molecule has 3 aromatic rings. The highest BCUT2D eigenvalue weighted by molar-refractivity contribution is 6.04. The number of piperazine rings is 1. The van der Waals surface area contributed by atoms with E-state index in [9.17, 15) is 9.59 Å². The molecule has 1 fully saturated rings. The van der Waals surface area contributed by atoms with Gasteiger partial charge >= 0.3 is 12.1 Å². The topological polar surface area (TPSA) is 118 Å². The molecule has 3 amide bonds. The Bertz CT molecular complexity index is 1400. The van der Waals surface area contributed by atoms with E-state index in [-0.39, 0.29) is 18.2 Å². The molecule has 2 aliphatic rings. The normalized spacial score (nSPS) is 17.4. The van der Waals surface area contributed by atoms with Gasteiger partial charge in [0.25, 0.3) is 0 Å². The number of benzene rings is 1. The Morgan fingerprint density at radius 2 is 1.87 bits per heavy atom. The van der Waals surface area contributed by atoms with Crippen molar-refractivity contribution in [2.24, 2.45) is 7.05 Å². The monoisotopic (exact) mass is 536 g/mol. The minimum Gasteiger partial charge on any atom is -0.492 e. The Morgan fingerprint density at radius 1 is 1.13 bits per heavy atom. The number of nitrogens with zero attached hydrogens (tertiary/aromatic N) is 7. The molecule has 12 nitrogen and oxygen atoms in total. The summed E-state index contributed by atoms with van der Waals surface area (Å²) in [6.45, 7) is 12.4. The molecule has 1 saturated heterocycles. The van der Waals surface area contributed by atoms with Crippen LogP contribution < -0.4 is 19.9 Å². The van der Waals surface area contributed by atoms with Crippen LogP contribution in [0.15, 0.2) is 24.4 Å². The number of carbonyl (C=O) groups is 2. The molecule has 1 atom stereocenters. The molecular formula is C27H36N8O4. The molecule has 5 rings (SSSR count). The third-order valence-corrected chi connectivity index (χ3v) is 6.81. The van der Waals surface area contributed by atoms with Crippen molar-refractivity contribution in [1.29, 1.82) is 0 Å². The van der Waals surface area contributed by atoms with Crippen LogP contribution in [0.5, 0.6) is 5.75 Å². The number of hydrogen-bond donors (Lipinski definition) is 1. The molecule has 2 aromatic heterocycles. The zero-order valence-corrected chi connectivity index (χ0v) is 23.4. The van der Waals surface area contributed by atoms with Crippen LogP contribution in [0.2, 0.25) is 0 Å². The number of nitrogens with one attached hydrogen (secondary N) is 1. The number of hydrogen-bond acceptors (Lipinski definition) is 8. The van der Waals surface area contributed by atoms with Gasteiger partial charge in [0.2, 0.25) is 0 Å². The van der Waals surface area contributed by atoms with Crippen molar-refractivity contribution in [3.05, 3.63) is 30.0 Å². The molecule has 39 heavy (non-hydrogen) atoms. The van der Waals surface area contributed by atoms with Crippen molar-refractivity contribution in [3.8, 4) is 5.75 Å². The molecule has 208 valence electrons. The van der Waals surface area contributed by atoms with E-state index in [1.54, 1.807) is 35.2 Å². The molecule has 0 bridgehead atoms. The second-order valence-corrected chi connectivity index (χ2v) is 10.9. The fourth-order valence-corrected chi connectivity index (χ4v) is 5.14. The van der Waals surface area contributed by atoms with Crippen molar-refractivity contribution in [2.45, 2.75) is 52.7 Å². The van der Waals surface area contributed by atoms with Crippen LogP contribution in [-0.4, -0.2) is 81.4 Å². The highest BCUT2D eigenvalue weighted by atomic mass is 16.6. The fourth-order valence-electron chi connectivity index (χ4n) is 5.14. The van der Waals surface area contributed by atoms with Crippen LogP contribution in [0.1, 0.15) is 40.2 Å². The maximum atomic E-state index is 13.5. The van der Waals surface area contributed by atoms with Crippen LogP contribution in [0.25, 0.3) is 11.0 Å². The molecule has 12 heteroatoms. The van der Waals surface area contributed by atoms with Gasteiger partial charge in [-0.2, -0.15) is 15.0 Å². The van der Waals surface area contributed by atoms with Crippen molar-refractivity contribution < 1.29 is 19.1 Å². The predicted octanol–water partition coefficient (Wildman–Crippen LogP) is 3.80. The molecule has 2 aliphatic heterocycles. The minimum absolute atomic E-state index is 0.0220. The molecule has 0 radical (unpaired) electrons.